The van der Waals surface area contributed by atoms with Crippen LogP contribution in [0.4, 0.5) is 0 Å². The molecule has 0 atom stereocenters. The molecule has 4 heterocycles. The number of para-hydroxylation sites is 4. The van der Waals surface area contributed by atoms with Gasteiger partial charge in [-0.1, -0.05) is 72.8 Å². The summed E-state index contributed by atoms with van der Waals surface area (Å²) in [7, 11) is 0. The molecule has 0 aliphatic rings. The van der Waals surface area contributed by atoms with E-state index < -0.39 is 0 Å². The Balaban J connectivity index is 1.48. The normalized spacial score (nSPS) is 12.4. The Kier molecular flexibility index (Phi) is 3.93. The Morgan fingerprint density at radius 2 is 1.00 bits per heavy atom. The zero-order valence-corrected chi connectivity index (χ0v) is 22.1. The van der Waals surface area contributed by atoms with Crippen LogP contribution < -0.4 is 0 Å². The second kappa shape index (κ2) is 7.56. The maximum atomic E-state index is 2.46. The van der Waals surface area contributed by atoms with Crippen molar-refractivity contribution in [3.05, 3.63) is 140 Å². The summed E-state index contributed by atoms with van der Waals surface area (Å²) in [5.41, 5.74) is 9.89. The van der Waals surface area contributed by atoms with Crippen molar-refractivity contribution in [3.63, 3.8) is 0 Å². The van der Waals surface area contributed by atoms with Crippen molar-refractivity contribution in [3.8, 4) is 11.4 Å². The van der Waals surface area contributed by atoms with E-state index in [-0.39, 0.29) is 0 Å². The van der Waals surface area contributed by atoms with Gasteiger partial charge in [-0.2, -0.15) is 0 Å². The van der Waals surface area contributed by atoms with Crippen LogP contribution in [-0.4, -0.2) is 13.5 Å². The molecule has 0 amide bonds. The van der Waals surface area contributed by atoms with Crippen molar-refractivity contribution in [2.45, 2.75) is 0 Å². The average Bonchev–Trinajstić information content (AvgIpc) is 3.77. The van der Waals surface area contributed by atoms with Crippen LogP contribution in [0.15, 0.2) is 140 Å². The standard InChI is InChI=1S/C38H23N3/c1-3-11-25(12-4-1)40-32-18-10-8-16-28(32)34-33(40)20-19-29-35-36-24(21-22-39(36)37(29)34)23-30-27-15-7-9-17-31(27)41(38(30)35)26-13-5-2-6-14-26/h1-23H. The van der Waals surface area contributed by atoms with Crippen LogP contribution in [0, 0.1) is 0 Å². The lowest BCUT2D eigenvalue weighted by Crippen LogP contribution is -1.93. The Morgan fingerprint density at radius 1 is 0.366 bits per heavy atom. The van der Waals surface area contributed by atoms with Crippen LogP contribution >= 0.6 is 0 Å². The molecule has 10 rings (SSSR count). The summed E-state index contributed by atoms with van der Waals surface area (Å²) >= 11 is 0. The number of aromatic nitrogens is 3. The number of hydrogen-bond donors (Lipinski definition) is 0. The van der Waals surface area contributed by atoms with Gasteiger partial charge < -0.3 is 13.5 Å². The third kappa shape index (κ3) is 2.59. The Hall–Kier alpha value is -5.54. The molecule has 0 unspecified atom stereocenters. The second-order valence-electron chi connectivity index (χ2n) is 11.0. The Bertz CT molecular complexity index is 2610. The predicted molar refractivity (Wildman–Crippen MR) is 172 cm³/mol. The summed E-state index contributed by atoms with van der Waals surface area (Å²) in [4.78, 5) is 0. The predicted octanol–water partition coefficient (Wildman–Crippen LogP) is 9.88. The molecular formula is C38H23N3. The molecule has 190 valence electrons. The SMILES string of the molecule is c1ccc(-n2c3ccccc3c3c2ccc2c4c5c(cc6ccn(c64)c23)c2ccccc2n5-c2ccccc2)cc1. The molecular weight excluding hydrogens is 498 g/mol. The quantitative estimate of drug-likeness (QED) is 0.215. The van der Waals surface area contributed by atoms with Gasteiger partial charge in [0.25, 0.3) is 0 Å². The Labute approximate surface area is 235 Å². The smallest absolute Gasteiger partial charge is 0.0641 e. The number of hydrogen-bond acceptors (Lipinski definition) is 0. The van der Waals surface area contributed by atoms with Crippen LogP contribution in [-0.2, 0) is 0 Å². The van der Waals surface area contributed by atoms with E-state index >= 15 is 0 Å². The number of fused-ring (bicyclic) bond motifs is 11. The fourth-order valence-corrected chi connectivity index (χ4v) is 7.39. The monoisotopic (exact) mass is 521 g/mol. The van der Waals surface area contributed by atoms with Crippen molar-refractivity contribution in [2.24, 2.45) is 0 Å². The maximum Gasteiger partial charge on any atom is 0.0641 e. The highest BCUT2D eigenvalue weighted by molar-refractivity contribution is 6.34. The highest BCUT2D eigenvalue weighted by Gasteiger charge is 2.24. The van der Waals surface area contributed by atoms with E-state index in [1.807, 2.05) is 0 Å². The van der Waals surface area contributed by atoms with Crippen LogP contribution in [0.3, 0.4) is 0 Å². The Morgan fingerprint density at radius 3 is 1.76 bits per heavy atom. The topological polar surface area (TPSA) is 14.3 Å². The molecule has 3 heteroatoms. The molecule has 0 spiro atoms. The fraction of sp³-hybridized carbons (Fsp3) is 0. The van der Waals surface area contributed by atoms with Gasteiger partial charge in [-0.3, -0.25) is 0 Å². The molecule has 0 saturated carbocycles. The van der Waals surface area contributed by atoms with Crippen molar-refractivity contribution in [1.82, 2.24) is 13.5 Å². The van der Waals surface area contributed by atoms with Crippen molar-refractivity contribution >= 4 is 70.8 Å². The third-order valence-electron chi connectivity index (χ3n) is 8.95. The summed E-state index contributed by atoms with van der Waals surface area (Å²) in [5.74, 6) is 0. The molecule has 10 aromatic rings. The molecule has 6 aromatic carbocycles. The van der Waals surface area contributed by atoms with Gasteiger partial charge in [0.05, 0.1) is 33.1 Å². The van der Waals surface area contributed by atoms with Crippen LogP contribution in [0.2, 0.25) is 0 Å². The lowest BCUT2D eigenvalue weighted by Gasteiger charge is -2.09. The molecule has 0 saturated heterocycles. The number of benzene rings is 6. The molecule has 3 nitrogen and oxygen atoms in total. The minimum Gasteiger partial charge on any atom is -0.315 e. The first-order valence-corrected chi connectivity index (χ1v) is 14.1. The molecule has 41 heavy (non-hydrogen) atoms. The zero-order chi connectivity index (χ0) is 26.7. The fourth-order valence-electron chi connectivity index (χ4n) is 7.39. The largest absolute Gasteiger partial charge is 0.315 e. The van der Waals surface area contributed by atoms with E-state index in [9.17, 15) is 0 Å². The van der Waals surface area contributed by atoms with Crippen LogP contribution in [0.5, 0.6) is 0 Å². The third-order valence-corrected chi connectivity index (χ3v) is 8.95. The van der Waals surface area contributed by atoms with E-state index in [2.05, 4.69) is 153 Å². The zero-order valence-electron chi connectivity index (χ0n) is 22.1. The molecule has 0 fully saturated rings. The van der Waals surface area contributed by atoms with Crippen molar-refractivity contribution in [2.75, 3.05) is 0 Å². The van der Waals surface area contributed by atoms with E-state index in [0.717, 1.165) is 0 Å². The molecule has 0 radical (unpaired) electrons. The maximum absolute atomic E-state index is 2.46. The summed E-state index contributed by atoms with van der Waals surface area (Å²) < 4.78 is 7.31. The van der Waals surface area contributed by atoms with Crippen molar-refractivity contribution in [1.29, 1.82) is 0 Å². The van der Waals surface area contributed by atoms with Gasteiger partial charge in [-0.05, 0) is 60.7 Å². The number of rotatable bonds is 2. The van der Waals surface area contributed by atoms with E-state index in [1.165, 1.54) is 82.2 Å². The summed E-state index contributed by atoms with van der Waals surface area (Å²) in [6.07, 6.45) is 2.27. The van der Waals surface area contributed by atoms with E-state index in [4.69, 9.17) is 0 Å². The second-order valence-corrected chi connectivity index (χ2v) is 11.0. The average molecular weight is 522 g/mol. The molecule has 4 aromatic heterocycles. The lowest BCUT2D eigenvalue weighted by atomic mass is 10.0. The first-order chi connectivity index (χ1) is 20.4. The van der Waals surface area contributed by atoms with Crippen LogP contribution in [0.1, 0.15) is 0 Å². The highest BCUT2D eigenvalue weighted by atomic mass is 15.0. The summed E-state index contributed by atoms with van der Waals surface area (Å²) in [5, 5.41) is 9.04. The van der Waals surface area contributed by atoms with Gasteiger partial charge in [-0.15, -0.1) is 0 Å². The lowest BCUT2D eigenvalue weighted by molar-refractivity contribution is 1.18. The van der Waals surface area contributed by atoms with Crippen molar-refractivity contribution < 1.29 is 0 Å². The minimum absolute atomic E-state index is 1.18. The number of nitrogens with zero attached hydrogens (tertiary/aromatic N) is 3. The molecule has 0 aliphatic carbocycles. The van der Waals surface area contributed by atoms with E-state index in [0.29, 0.717) is 0 Å². The summed E-state index contributed by atoms with van der Waals surface area (Å²) in [6, 6.07) is 48.5. The first-order valence-electron chi connectivity index (χ1n) is 14.1. The molecule has 0 bridgehead atoms. The van der Waals surface area contributed by atoms with E-state index in [1.54, 1.807) is 0 Å². The van der Waals surface area contributed by atoms with Gasteiger partial charge in [-0.25, -0.2) is 0 Å². The summed E-state index contributed by atoms with van der Waals surface area (Å²) in [6.45, 7) is 0. The highest BCUT2D eigenvalue weighted by Crippen LogP contribution is 2.46. The van der Waals surface area contributed by atoms with Gasteiger partial charge in [0.1, 0.15) is 0 Å². The van der Waals surface area contributed by atoms with Gasteiger partial charge in [0.15, 0.2) is 0 Å². The minimum atomic E-state index is 1.18. The van der Waals surface area contributed by atoms with Gasteiger partial charge >= 0.3 is 0 Å². The van der Waals surface area contributed by atoms with Crippen LogP contribution in [0.25, 0.3) is 82.2 Å². The molecule has 0 aliphatic heterocycles. The first kappa shape index (κ1) is 21.3. The molecule has 0 N–H and O–H groups in total. The van der Waals surface area contributed by atoms with Gasteiger partial charge in [0.2, 0.25) is 0 Å². The van der Waals surface area contributed by atoms with Gasteiger partial charge in [0, 0.05) is 55.3 Å².